The van der Waals surface area contributed by atoms with Gasteiger partial charge in [0.15, 0.2) is 6.10 Å². The lowest BCUT2D eigenvalue weighted by Gasteiger charge is -2.28. The van der Waals surface area contributed by atoms with Crippen molar-refractivity contribution < 1.29 is 42.1 Å². The fourth-order valence-corrected chi connectivity index (χ4v) is 12.0. The van der Waals surface area contributed by atoms with Crippen LogP contribution >= 0.6 is 7.82 Å². The minimum Gasteiger partial charge on any atom is -0.756 e. The van der Waals surface area contributed by atoms with Crippen molar-refractivity contribution in [1.29, 1.82) is 0 Å². The van der Waals surface area contributed by atoms with Crippen LogP contribution in [-0.2, 0) is 32.7 Å². The Morgan fingerprint density at radius 1 is 0.352 bits per heavy atom. The summed E-state index contributed by atoms with van der Waals surface area (Å²) in [4.78, 5) is 38.1. The number of likely N-dealkylation sites (N-methyl/N-ethyl adjacent to an activating group) is 1. The van der Waals surface area contributed by atoms with Gasteiger partial charge in [-0.1, -0.05) is 369 Å². The van der Waals surface area contributed by atoms with Gasteiger partial charge in [0.05, 0.1) is 27.7 Å². The molecule has 0 N–H and O–H groups in total. The SMILES string of the molecule is CC/C=C\C/C=C\C/C=C\C/C=C\C/C=C\C/C=C\C/C=C\CCCCCCCC(=O)OC(COC(=O)CCCCCCCCCCCCCCCCCCCCCCCCCCCCCCCCCCCCCCCCCC)COP(=O)([O-])OCC[N+](C)(C)C. The Bertz CT molecular complexity index is 1810. The Morgan fingerprint density at radius 2 is 0.626 bits per heavy atom. The monoisotopic (exact) mass is 1290 g/mol. The molecule has 0 aliphatic heterocycles. The number of nitrogens with zero attached hydrogens (tertiary/aromatic N) is 1. The Balaban J connectivity index is 3.95. The third kappa shape index (κ3) is 76.1. The molecule has 2 atom stereocenters. The number of quaternary nitrogens is 1. The van der Waals surface area contributed by atoms with E-state index >= 15 is 0 Å². The highest BCUT2D eigenvalue weighted by Crippen LogP contribution is 2.38. The molecule has 0 rings (SSSR count). The predicted molar refractivity (Wildman–Crippen MR) is 393 cm³/mol. The van der Waals surface area contributed by atoms with Gasteiger partial charge >= 0.3 is 11.9 Å². The highest BCUT2D eigenvalue weighted by atomic mass is 31.2. The first-order valence-electron chi connectivity index (χ1n) is 38.8. The van der Waals surface area contributed by atoms with Gasteiger partial charge in [-0.05, 0) is 70.6 Å². The fourth-order valence-electron chi connectivity index (χ4n) is 11.3. The topological polar surface area (TPSA) is 111 Å². The lowest BCUT2D eigenvalue weighted by molar-refractivity contribution is -0.870. The largest absolute Gasteiger partial charge is 0.756 e. The minimum atomic E-state index is -4.65. The molecule has 0 aromatic heterocycles. The first kappa shape index (κ1) is 88.2. The van der Waals surface area contributed by atoms with Crippen molar-refractivity contribution >= 4 is 19.8 Å². The van der Waals surface area contributed by atoms with Crippen molar-refractivity contribution in [1.82, 2.24) is 0 Å². The summed E-state index contributed by atoms with van der Waals surface area (Å²) in [6, 6.07) is 0. The van der Waals surface area contributed by atoms with Crippen molar-refractivity contribution in [2.45, 2.75) is 373 Å². The Morgan fingerprint density at radius 3 is 0.934 bits per heavy atom. The molecule has 0 radical (unpaired) electrons. The van der Waals surface area contributed by atoms with Crippen molar-refractivity contribution in [2.24, 2.45) is 0 Å². The lowest BCUT2D eigenvalue weighted by atomic mass is 10.0. The molecule has 0 saturated carbocycles. The van der Waals surface area contributed by atoms with E-state index in [-0.39, 0.29) is 32.0 Å². The van der Waals surface area contributed by atoms with Gasteiger partial charge in [0.2, 0.25) is 0 Å². The van der Waals surface area contributed by atoms with E-state index in [1.807, 2.05) is 21.1 Å². The molecule has 91 heavy (non-hydrogen) atoms. The summed E-state index contributed by atoms with van der Waals surface area (Å²) in [6.45, 7) is 4.15. The number of carbonyl (C=O) groups excluding carboxylic acids is 2. The number of carbonyl (C=O) groups is 2. The van der Waals surface area contributed by atoms with Crippen LogP contribution in [0.5, 0.6) is 0 Å². The minimum absolute atomic E-state index is 0.0376. The van der Waals surface area contributed by atoms with E-state index in [1.54, 1.807) is 0 Å². The Hall–Kier alpha value is -2.81. The molecule has 0 fully saturated rings. The average Bonchev–Trinajstić information content (AvgIpc) is 3.74. The van der Waals surface area contributed by atoms with Gasteiger partial charge in [-0.3, -0.25) is 14.2 Å². The zero-order chi connectivity index (χ0) is 66.2. The van der Waals surface area contributed by atoms with Gasteiger partial charge in [0.25, 0.3) is 7.82 Å². The molecular formula is C81H148NO8P. The summed E-state index contributed by atoms with van der Waals surface area (Å²) < 4.78 is 34.3. The lowest BCUT2D eigenvalue weighted by Crippen LogP contribution is -2.37. The predicted octanol–water partition coefficient (Wildman–Crippen LogP) is 25.0. The van der Waals surface area contributed by atoms with Gasteiger partial charge in [-0.15, -0.1) is 0 Å². The van der Waals surface area contributed by atoms with Gasteiger partial charge < -0.3 is 27.9 Å². The summed E-state index contributed by atoms with van der Waals surface area (Å²) in [5, 5.41) is 0. The van der Waals surface area contributed by atoms with E-state index in [0.717, 1.165) is 96.3 Å². The quantitative estimate of drug-likeness (QED) is 0.0195. The summed E-state index contributed by atoms with van der Waals surface area (Å²) in [5.74, 6) is -0.846. The molecule has 0 bridgehead atoms. The second-order valence-electron chi connectivity index (χ2n) is 27.4. The van der Waals surface area contributed by atoms with Gasteiger partial charge in [0, 0.05) is 12.8 Å². The summed E-state index contributed by atoms with van der Waals surface area (Å²) in [7, 11) is 1.15. The molecule has 0 aromatic rings. The van der Waals surface area contributed by atoms with Gasteiger partial charge in [-0.2, -0.15) is 0 Å². The first-order chi connectivity index (χ1) is 44.5. The molecule has 0 saturated heterocycles. The Labute approximate surface area is 564 Å². The zero-order valence-electron chi connectivity index (χ0n) is 60.5. The van der Waals surface area contributed by atoms with Crippen LogP contribution in [-0.4, -0.2) is 70.0 Å². The number of phosphoric ester groups is 1. The van der Waals surface area contributed by atoms with Crippen LogP contribution in [0.25, 0.3) is 0 Å². The second kappa shape index (κ2) is 71.5. The number of rotatable bonds is 72. The molecule has 10 heteroatoms. The average molecular weight is 1300 g/mol. The third-order valence-electron chi connectivity index (χ3n) is 17.2. The molecule has 0 aliphatic rings. The smallest absolute Gasteiger partial charge is 0.306 e. The number of hydrogen-bond donors (Lipinski definition) is 0. The van der Waals surface area contributed by atoms with E-state index in [4.69, 9.17) is 18.5 Å². The highest BCUT2D eigenvalue weighted by Gasteiger charge is 2.22. The number of hydrogen-bond acceptors (Lipinski definition) is 8. The zero-order valence-corrected chi connectivity index (χ0v) is 61.4. The summed E-state index contributed by atoms with van der Waals surface area (Å²) in [6.07, 6.45) is 98.6. The molecule has 0 amide bonds. The van der Waals surface area contributed by atoms with Crippen LogP contribution in [0.15, 0.2) is 85.1 Å². The van der Waals surface area contributed by atoms with Crippen molar-refractivity contribution in [3.05, 3.63) is 85.1 Å². The maximum atomic E-state index is 12.9. The number of unbranched alkanes of at least 4 members (excludes halogenated alkanes) is 44. The molecule has 2 unspecified atom stereocenters. The van der Waals surface area contributed by atoms with E-state index in [0.29, 0.717) is 17.4 Å². The normalized spacial score (nSPS) is 13.5. The number of phosphoric acid groups is 1. The molecule has 0 aliphatic carbocycles. The van der Waals surface area contributed by atoms with Crippen molar-refractivity contribution in [3.8, 4) is 0 Å². The molecular weight excluding hydrogens is 1150 g/mol. The first-order valence-corrected chi connectivity index (χ1v) is 40.3. The van der Waals surface area contributed by atoms with Crippen LogP contribution in [0, 0.1) is 0 Å². The maximum absolute atomic E-state index is 12.9. The van der Waals surface area contributed by atoms with Crippen molar-refractivity contribution in [3.63, 3.8) is 0 Å². The van der Waals surface area contributed by atoms with Gasteiger partial charge in [0.1, 0.15) is 19.8 Å². The summed E-state index contributed by atoms with van der Waals surface area (Å²) >= 11 is 0. The third-order valence-corrected chi connectivity index (χ3v) is 18.1. The molecule has 9 nitrogen and oxygen atoms in total. The Kier molecular flexibility index (Phi) is 69.3. The summed E-state index contributed by atoms with van der Waals surface area (Å²) in [5.41, 5.74) is 0. The fraction of sp³-hybridized carbons (Fsp3) is 0.802. The number of ether oxygens (including phenoxy) is 2. The van der Waals surface area contributed by atoms with E-state index in [2.05, 4.69) is 98.9 Å². The molecule has 530 valence electrons. The van der Waals surface area contributed by atoms with Gasteiger partial charge in [-0.25, -0.2) is 0 Å². The molecule has 0 spiro atoms. The second-order valence-corrected chi connectivity index (χ2v) is 28.8. The van der Waals surface area contributed by atoms with Crippen molar-refractivity contribution in [2.75, 3.05) is 47.5 Å². The van der Waals surface area contributed by atoms with E-state index in [9.17, 15) is 19.0 Å². The van der Waals surface area contributed by atoms with E-state index < -0.39 is 26.5 Å². The number of allylic oxidation sites excluding steroid dienone is 14. The molecule has 0 heterocycles. The van der Waals surface area contributed by atoms with Crippen LogP contribution in [0.4, 0.5) is 0 Å². The van der Waals surface area contributed by atoms with Crippen LogP contribution < -0.4 is 4.89 Å². The number of esters is 2. The highest BCUT2D eigenvalue weighted by molar-refractivity contribution is 7.45. The molecule has 0 aromatic carbocycles. The standard InChI is InChI=1S/C81H148NO8P/c1-6-8-10-12-14-16-18-20-22-24-26-28-30-32-34-35-36-37-38-39-40-41-42-43-44-45-46-48-49-51-53-55-57-59-61-63-65-67-69-71-73-80(83)87-77-79(78-89-91(85,86)88-76-75-82(3,4)5)90-81(84)74-72-70-68-66-64-62-60-58-56-54-52-50-47-33-31-29-27-25-23-21-19-17-15-13-11-9-7-2/h9,11,15,17,21,23,27,29,33,47,52,54,58,60,79H,6-8,10,12-14,16,18-20,22,24-26,28,30-32,34-46,48-51,53,55-57,59,61-78H2,1-5H3/b11-9-,17-15-,23-21-,29-27-,47-33-,54-52-,60-58-. The van der Waals surface area contributed by atoms with Crippen LogP contribution in [0.2, 0.25) is 0 Å². The maximum Gasteiger partial charge on any atom is 0.306 e. The van der Waals surface area contributed by atoms with Crippen LogP contribution in [0.1, 0.15) is 367 Å². The van der Waals surface area contributed by atoms with E-state index in [1.165, 1.54) is 238 Å². The van der Waals surface area contributed by atoms with Crippen LogP contribution in [0.3, 0.4) is 0 Å².